The molecular weight excluding hydrogens is 426 g/mol. The normalized spacial score (nSPS) is 28.5. The lowest BCUT2D eigenvalue weighted by atomic mass is 9.74. The fourth-order valence-corrected chi connectivity index (χ4v) is 8.21. The van der Waals surface area contributed by atoms with E-state index in [1.807, 2.05) is 0 Å². The molecule has 0 N–H and O–H groups in total. The topological polar surface area (TPSA) is 9.72 Å². The highest BCUT2D eigenvalue weighted by atomic mass is 15.3. The predicted octanol–water partition coefficient (Wildman–Crippen LogP) is 6.59. The minimum Gasteiger partial charge on any atom is -0.365 e. The van der Waals surface area contributed by atoms with Crippen LogP contribution in [0.25, 0.3) is 0 Å². The summed E-state index contributed by atoms with van der Waals surface area (Å²) in [5.74, 6) is 1.60. The van der Waals surface area contributed by atoms with E-state index in [0.29, 0.717) is 5.54 Å². The molecule has 1 spiro atoms. The molecule has 2 aromatic rings. The van der Waals surface area contributed by atoms with Crippen molar-refractivity contribution in [3.05, 3.63) is 66.2 Å². The molecule has 0 amide bonds. The van der Waals surface area contributed by atoms with Gasteiger partial charge in [-0.1, -0.05) is 87.1 Å². The second-order valence-electron chi connectivity index (χ2n) is 12.0. The number of piperidine rings is 1. The maximum absolute atomic E-state index is 2.92. The summed E-state index contributed by atoms with van der Waals surface area (Å²) in [5, 5.41) is 0. The van der Waals surface area contributed by atoms with E-state index in [1.165, 1.54) is 108 Å². The second kappa shape index (κ2) is 10.6. The number of para-hydroxylation sites is 1. The molecule has 3 heteroatoms. The zero-order valence-electron chi connectivity index (χ0n) is 21.7. The molecule has 4 fully saturated rings. The van der Waals surface area contributed by atoms with Gasteiger partial charge in [-0.2, -0.15) is 0 Å². The Balaban J connectivity index is 1.19. The number of likely N-dealkylation sites (tertiary alicyclic amines) is 2. The highest BCUT2D eigenvalue weighted by Crippen LogP contribution is 2.51. The second-order valence-corrected chi connectivity index (χ2v) is 12.0. The van der Waals surface area contributed by atoms with Crippen LogP contribution in [0.15, 0.2) is 60.7 Å². The number of anilines is 1. The van der Waals surface area contributed by atoms with Crippen molar-refractivity contribution in [2.45, 2.75) is 82.3 Å². The van der Waals surface area contributed by atoms with E-state index in [2.05, 4.69) is 75.4 Å². The predicted molar refractivity (Wildman–Crippen MR) is 147 cm³/mol. The molecule has 35 heavy (non-hydrogen) atoms. The SMILES string of the molecule is c1ccc(CN2CC3CN(c4ccccc4)C4(CCN(C5CCCCCCCC5)CC4)C3C2)cc1. The van der Waals surface area contributed by atoms with Gasteiger partial charge < -0.3 is 9.80 Å². The van der Waals surface area contributed by atoms with Crippen LogP contribution in [0.5, 0.6) is 0 Å². The van der Waals surface area contributed by atoms with E-state index in [4.69, 9.17) is 0 Å². The van der Waals surface area contributed by atoms with Crippen LogP contribution in [0.2, 0.25) is 0 Å². The molecule has 188 valence electrons. The van der Waals surface area contributed by atoms with Crippen molar-refractivity contribution in [1.29, 1.82) is 0 Å². The minimum atomic E-state index is 0.340. The van der Waals surface area contributed by atoms with E-state index in [0.717, 1.165) is 24.4 Å². The summed E-state index contributed by atoms with van der Waals surface area (Å²) in [6.45, 7) is 7.49. The van der Waals surface area contributed by atoms with E-state index in [-0.39, 0.29) is 0 Å². The molecule has 3 heterocycles. The van der Waals surface area contributed by atoms with Gasteiger partial charge in [-0.3, -0.25) is 4.90 Å². The Bertz CT molecular complexity index is 910. The fraction of sp³-hybridized carbons (Fsp3) is 0.625. The largest absolute Gasteiger partial charge is 0.365 e. The van der Waals surface area contributed by atoms with Gasteiger partial charge in [0, 0.05) is 62.5 Å². The van der Waals surface area contributed by atoms with Crippen molar-refractivity contribution in [2.24, 2.45) is 11.8 Å². The Kier molecular flexibility index (Phi) is 7.16. The smallest absolute Gasteiger partial charge is 0.0470 e. The molecule has 0 aromatic heterocycles. The number of hydrogen-bond donors (Lipinski definition) is 0. The van der Waals surface area contributed by atoms with Gasteiger partial charge in [0.1, 0.15) is 0 Å². The minimum absolute atomic E-state index is 0.340. The Morgan fingerprint density at radius 2 is 1.31 bits per heavy atom. The highest BCUT2D eigenvalue weighted by molar-refractivity contribution is 5.52. The Labute approximate surface area is 213 Å². The monoisotopic (exact) mass is 471 g/mol. The van der Waals surface area contributed by atoms with Gasteiger partial charge in [0.25, 0.3) is 0 Å². The molecule has 2 atom stereocenters. The first-order chi connectivity index (χ1) is 17.3. The van der Waals surface area contributed by atoms with Crippen LogP contribution >= 0.6 is 0 Å². The molecule has 2 unspecified atom stereocenters. The average molecular weight is 472 g/mol. The molecule has 1 saturated carbocycles. The molecule has 2 aromatic carbocycles. The summed E-state index contributed by atoms with van der Waals surface area (Å²) >= 11 is 0. The number of hydrogen-bond acceptors (Lipinski definition) is 3. The van der Waals surface area contributed by atoms with Gasteiger partial charge in [-0.15, -0.1) is 0 Å². The third-order valence-electron chi connectivity index (χ3n) is 9.98. The third-order valence-corrected chi connectivity index (χ3v) is 9.98. The zero-order valence-corrected chi connectivity index (χ0v) is 21.7. The fourth-order valence-electron chi connectivity index (χ4n) is 8.21. The lowest BCUT2D eigenvalue weighted by molar-refractivity contribution is 0.0832. The maximum Gasteiger partial charge on any atom is 0.0470 e. The van der Waals surface area contributed by atoms with E-state index in [1.54, 1.807) is 0 Å². The van der Waals surface area contributed by atoms with Crippen LogP contribution < -0.4 is 4.90 Å². The first kappa shape index (κ1) is 23.6. The van der Waals surface area contributed by atoms with Gasteiger partial charge >= 0.3 is 0 Å². The van der Waals surface area contributed by atoms with E-state index in [9.17, 15) is 0 Å². The first-order valence-corrected chi connectivity index (χ1v) is 14.6. The summed E-state index contributed by atoms with van der Waals surface area (Å²) in [5.41, 5.74) is 3.27. The van der Waals surface area contributed by atoms with Crippen LogP contribution in [-0.4, -0.2) is 54.1 Å². The van der Waals surface area contributed by atoms with Gasteiger partial charge in [0.05, 0.1) is 0 Å². The molecule has 3 nitrogen and oxygen atoms in total. The van der Waals surface area contributed by atoms with Crippen molar-refractivity contribution in [2.75, 3.05) is 37.6 Å². The maximum atomic E-state index is 2.92. The van der Waals surface area contributed by atoms with Crippen molar-refractivity contribution in [3.8, 4) is 0 Å². The number of benzene rings is 2. The third kappa shape index (κ3) is 4.91. The summed E-state index contributed by atoms with van der Waals surface area (Å²) < 4.78 is 0. The summed E-state index contributed by atoms with van der Waals surface area (Å²) in [6.07, 6.45) is 14.3. The Hall–Kier alpha value is -1.84. The van der Waals surface area contributed by atoms with Crippen molar-refractivity contribution in [3.63, 3.8) is 0 Å². The number of fused-ring (bicyclic) bond motifs is 2. The van der Waals surface area contributed by atoms with Gasteiger partial charge in [0.15, 0.2) is 0 Å². The first-order valence-electron chi connectivity index (χ1n) is 14.6. The molecule has 0 radical (unpaired) electrons. The molecule has 1 aliphatic carbocycles. The molecular formula is C32H45N3. The Morgan fingerprint density at radius 3 is 2.00 bits per heavy atom. The van der Waals surface area contributed by atoms with Crippen LogP contribution in [0.3, 0.4) is 0 Å². The lowest BCUT2D eigenvalue weighted by Crippen LogP contribution is -2.58. The van der Waals surface area contributed by atoms with Crippen molar-refractivity contribution >= 4 is 5.69 Å². The molecule has 4 aliphatic rings. The van der Waals surface area contributed by atoms with Crippen LogP contribution in [0.1, 0.15) is 69.8 Å². The van der Waals surface area contributed by atoms with Crippen molar-refractivity contribution in [1.82, 2.24) is 9.80 Å². The van der Waals surface area contributed by atoms with Crippen LogP contribution in [-0.2, 0) is 6.54 Å². The van der Waals surface area contributed by atoms with E-state index < -0.39 is 0 Å². The van der Waals surface area contributed by atoms with Crippen molar-refractivity contribution < 1.29 is 0 Å². The van der Waals surface area contributed by atoms with Crippen LogP contribution in [0.4, 0.5) is 5.69 Å². The highest BCUT2D eigenvalue weighted by Gasteiger charge is 2.57. The quantitative estimate of drug-likeness (QED) is 0.498. The van der Waals surface area contributed by atoms with Gasteiger partial charge in [-0.25, -0.2) is 0 Å². The Morgan fingerprint density at radius 1 is 0.686 bits per heavy atom. The van der Waals surface area contributed by atoms with Crippen LogP contribution in [0, 0.1) is 11.8 Å². The van der Waals surface area contributed by atoms with Gasteiger partial charge in [-0.05, 0) is 49.3 Å². The number of rotatable bonds is 4. The summed E-state index contributed by atoms with van der Waals surface area (Å²) in [7, 11) is 0. The average Bonchev–Trinajstić information content (AvgIpc) is 3.47. The molecule has 6 rings (SSSR count). The molecule has 0 bridgehead atoms. The summed E-state index contributed by atoms with van der Waals surface area (Å²) in [4.78, 5) is 8.56. The zero-order chi connectivity index (χ0) is 23.5. The molecule has 3 saturated heterocycles. The lowest BCUT2D eigenvalue weighted by Gasteiger charge is -2.50. The number of nitrogens with zero attached hydrogens (tertiary/aromatic N) is 3. The standard InChI is InChI=1S/C32H45N3/c1-2-4-10-16-29(15-9-3-1)34-21-19-32(20-22-34)31-26-33(23-27-13-7-5-8-14-27)24-28(31)25-35(32)30-17-11-6-12-18-30/h5-8,11-14,17-18,28-29,31H,1-4,9-10,15-16,19-26H2. The summed E-state index contributed by atoms with van der Waals surface area (Å²) in [6, 6.07) is 23.4. The molecule has 3 aliphatic heterocycles. The van der Waals surface area contributed by atoms with Gasteiger partial charge in [0.2, 0.25) is 0 Å². The van der Waals surface area contributed by atoms with E-state index >= 15 is 0 Å².